The summed E-state index contributed by atoms with van der Waals surface area (Å²) in [5.74, 6) is 0.981. The summed E-state index contributed by atoms with van der Waals surface area (Å²) in [6, 6.07) is 25.0. The molecule has 2 aliphatic carbocycles. The van der Waals surface area contributed by atoms with E-state index in [0.717, 1.165) is 58.4 Å². The van der Waals surface area contributed by atoms with Crippen LogP contribution in [0.3, 0.4) is 0 Å². The molecule has 0 bridgehead atoms. The van der Waals surface area contributed by atoms with Gasteiger partial charge >= 0.3 is 7.94 Å². The van der Waals surface area contributed by atoms with E-state index in [1.807, 2.05) is 12.1 Å². The summed E-state index contributed by atoms with van der Waals surface area (Å²) in [6.45, 7) is 0. The highest BCUT2D eigenvalue weighted by Crippen LogP contribution is 2.71. The molecule has 3 fully saturated rings. The maximum atomic E-state index is 15.4. The molecule has 2 heterocycles. The van der Waals surface area contributed by atoms with E-state index in [0.29, 0.717) is 11.5 Å². The molecule has 0 amide bonds. The van der Waals surface area contributed by atoms with E-state index < -0.39 is 7.94 Å². The van der Waals surface area contributed by atoms with Crippen molar-refractivity contribution in [3.05, 3.63) is 72.8 Å². The van der Waals surface area contributed by atoms with Crippen molar-refractivity contribution in [2.45, 2.75) is 79.6 Å². The van der Waals surface area contributed by atoms with E-state index in [1.165, 1.54) is 38.5 Å². The summed E-state index contributed by atoms with van der Waals surface area (Å²) in [7, 11) is -3.68. The van der Waals surface area contributed by atoms with Crippen molar-refractivity contribution < 1.29 is 13.9 Å². The zero-order valence-corrected chi connectivity index (χ0v) is 23.9. The van der Waals surface area contributed by atoms with Gasteiger partial charge in [-0.25, -0.2) is 0 Å². The number of hydrogen-bond acceptors (Lipinski definition) is 5. The standard InChI is InChI=1S/C33H34NO3PS/c35-38(31-32(19-7-1-8-20-32)39-33(34-31)21-9-2-10-22-33)36-27-17-15-23-11-3-5-13-25(23)29(27)30-26-14-6-4-12-24(26)16-18-28(30)37-38/h3-6,11-18,31,34H,1-2,7-10,19-22H2/t31-/m0/s1. The number of thioether (sulfide) groups is 1. The SMILES string of the molecule is [O-][P+]1([C@@H]2NC3(CCCCC3)SC23CCCCC3)Oc2ccc3ccccc3c2-c2c(ccc3ccccc23)O1. The molecule has 4 aromatic rings. The van der Waals surface area contributed by atoms with Crippen LogP contribution in [0, 0.1) is 0 Å². The molecule has 0 radical (unpaired) electrons. The first-order valence-electron chi connectivity index (χ1n) is 14.6. The fraction of sp³-hybridized carbons (Fsp3) is 0.394. The summed E-state index contributed by atoms with van der Waals surface area (Å²) in [4.78, 5) is 15.4. The molecule has 200 valence electrons. The normalized spacial score (nSPS) is 24.6. The van der Waals surface area contributed by atoms with Crippen molar-refractivity contribution in [3.63, 3.8) is 0 Å². The maximum absolute atomic E-state index is 15.4. The third-order valence-electron chi connectivity index (χ3n) is 9.46. The smallest absolute Gasteiger partial charge is 0.350 e. The number of benzene rings is 4. The highest BCUT2D eigenvalue weighted by atomic mass is 32.2. The molecule has 8 rings (SSSR count). The van der Waals surface area contributed by atoms with Crippen LogP contribution in [0.1, 0.15) is 64.2 Å². The molecule has 0 unspecified atom stereocenters. The van der Waals surface area contributed by atoms with Gasteiger partial charge in [-0.3, -0.25) is 5.32 Å². The van der Waals surface area contributed by atoms with Gasteiger partial charge in [0.1, 0.15) is 0 Å². The summed E-state index contributed by atoms with van der Waals surface area (Å²) in [6.07, 6.45) is 11.7. The van der Waals surface area contributed by atoms with E-state index in [1.54, 1.807) is 0 Å². The van der Waals surface area contributed by atoms with E-state index in [2.05, 4.69) is 77.7 Å². The lowest BCUT2D eigenvalue weighted by Gasteiger charge is -2.41. The van der Waals surface area contributed by atoms with Gasteiger partial charge in [0.15, 0.2) is 11.5 Å². The topological polar surface area (TPSA) is 53.5 Å². The van der Waals surface area contributed by atoms with Crippen LogP contribution >= 0.6 is 19.7 Å². The van der Waals surface area contributed by atoms with Crippen LogP contribution in [0.5, 0.6) is 11.5 Å². The van der Waals surface area contributed by atoms with Crippen molar-refractivity contribution in [3.8, 4) is 22.6 Å². The van der Waals surface area contributed by atoms with Crippen molar-refractivity contribution in [2.75, 3.05) is 0 Å². The molecule has 2 spiro atoms. The van der Waals surface area contributed by atoms with Crippen molar-refractivity contribution >= 4 is 41.3 Å². The molecule has 2 saturated carbocycles. The van der Waals surface area contributed by atoms with Gasteiger partial charge in [-0.15, -0.1) is 11.8 Å². The average Bonchev–Trinajstić information content (AvgIpc) is 3.18. The van der Waals surface area contributed by atoms with Gasteiger partial charge in [-0.1, -0.05) is 99.2 Å². The first-order chi connectivity index (χ1) is 19.1. The van der Waals surface area contributed by atoms with Crippen LogP contribution in [-0.4, -0.2) is 15.4 Å². The van der Waals surface area contributed by atoms with Gasteiger partial charge in [-0.05, 0) is 59.4 Å². The Morgan fingerprint density at radius 2 is 1.18 bits per heavy atom. The largest absolute Gasteiger partial charge is 0.615 e. The molecule has 39 heavy (non-hydrogen) atoms. The van der Waals surface area contributed by atoms with E-state index in [4.69, 9.17) is 9.05 Å². The molecule has 1 N–H and O–H groups in total. The Morgan fingerprint density at radius 3 is 1.74 bits per heavy atom. The first kappa shape index (κ1) is 24.5. The van der Waals surface area contributed by atoms with Crippen LogP contribution < -0.4 is 19.3 Å². The minimum atomic E-state index is -3.68. The van der Waals surface area contributed by atoms with E-state index in [9.17, 15) is 0 Å². The lowest BCUT2D eigenvalue weighted by molar-refractivity contribution is -0.207. The van der Waals surface area contributed by atoms with Gasteiger partial charge in [-0.2, -0.15) is 0 Å². The minimum absolute atomic E-state index is 0.0326. The number of nitrogens with one attached hydrogen (secondary N) is 1. The zero-order chi connectivity index (χ0) is 26.1. The molecule has 4 aromatic carbocycles. The summed E-state index contributed by atoms with van der Waals surface area (Å²) < 4.78 is 13.4. The second-order valence-electron chi connectivity index (χ2n) is 11.9. The Bertz CT molecular complexity index is 1490. The van der Waals surface area contributed by atoms with Crippen LogP contribution in [0.15, 0.2) is 72.8 Å². The molecule has 6 heteroatoms. The average molecular weight is 556 g/mol. The molecular formula is C33H34NO3PS. The third kappa shape index (κ3) is 3.84. The van der Waals surface area contributed by atoms with Crippen LogP contribution in [0.2, 0.25) is 0 Å². The van der Waals surface area contributed by atoms with Gasteiger partial charge in [0.05, 0.1) is 9.62 Å². The zero-order valence-electron chi connectivity index (χ0n) is 22.2. The second-order valence-corrected chi connectivity index (χ2v) is 15.6. The Morgan fingerprint density at radius 1 is 0.667 bits per heavy atom. The van der Waals surface area contributed by atoms with Gasteiger partial charge < -0.3 is 13.9 Å². The Hall–Kier alpha value is -2.30. The number of hydrogen-bond donors (Lipinski definition) is 1. The second kappa shape index (κ2) is 9.11. The summed E-state index contributed by atoms with van der Waals surface area (Å²) in [5, 5.41) is 8.44. The van der Waals surface area contributed by atoms with Crippen LogP contribution in [0.25, 0.3) is 32.7 Å². The molecule has 0 aromatic heterocycles. The fourth-order valence-electron chi connectivity index (χ4n) is 7.69. The molecule has 1 atom stereocenters. The Balaban J connectivity index is 1.35. The molecular weight excluding hydrogens is 521 g/mol. The molecule has 2 aliphatic heterocycles. The third-order valence-corrected chi connectivity index (χ3v) is 13.8. The van der Waals surface area contributed by atoms with Crippen molar-refractivity contribution in [1.29, 1.82) is 0 Å². The van der Waals surface area contributed by atoms with E-state index in [-0.39, 0.29) is 15.4 Å². The van der Waals surface area contributed by atoms with Gasteiger partial charge in [0, 0.05) is 11.1 Å². The highest BCUT2D eigenvalue weighted by Gasteiger charge is 2.66. The summed E-state index contributed by atoms with van der Waals surface area (Å²) >= 11 is 2.09. The van der Waals surface area contributed by atoms with Crippen molar-refractivity contribution in [1.82, 2.24) is 5.32 Å². The fourth-order valence-corrected chi connectivity index (χ4v) is 12.8. The van der Waals surface area contributed by atoms with Gasteiger partial charge in [0.2, 0.25) is 5.78 Å². The first-order valence-corrected chi connectivity index (χ1v) is 17.0. The predicted molar refractivity (Wildman–Crippen MR) is 161 cm³/mol. The summed E-state index contributed by atoms with van der Waals surface area (Å²) in [5.41, 5.74) is 1.96. The number of fused-ring (bicyclic) bond motifs is 7. The minimum Gasteiger partial charge on any atom is -0.615 e. The highest BCUT2D eigenvalue weighted by molar-refractivity contribution is 8.02. The van der Waals surface area contributed by atoms with Crippen LogP contribution in [0.4, 0.5) is 0 Å². The number of rotatable bonds is 1. The lowest BCUT2D eigenvalue weighted by Crippen LogP contribution is -2.52. The quantitative estimate of drug-likeness (QED) is 0.238. The Labute approximate surface area is 235 Å². The van der Waals surface area contributed by atoms with Crippen molar-refractivity contribution in [2.24, 2.45) is 0 Å². The monoisotopic (exact) mass is 555 g/mol. The molecule has 4 aliphatic rings. The van der Waals surface area contributed by atoms with Gasteiger partial charge in [0.25, 0.3) is 0 Å². The van der Waals surface area contributed by atoms with Crippen LogP contribution in [-0.2, 0) is 0 Å². The Kier molecular flexibility index (Phi) is 5.72. The molecule has 4 nitrogen and oxygen atoms in total. The predicted octanol–water partition coefficient (Wildman–Crippen LogP) is 8.58. The van der Waals surface area contributed by atoms with E-state index >= 15 is 4.89 Å². The maximum Gasteiger partial charge on any atom is 0.350 e. The lowest BCUT2D eigenvalue weighted by atomic mass is 9.87. The molecule has 1 saturated heterocycles.